The molecule has 1 saturated heterocycles. The van der Waals surface area contributed by atoms with E-state index in [4.69, 9.17) is 0 Å². The highest BCUT2D eigenvalue weighted by molar-refractivity contribution is 5.95. The molecule has 0 radical (unpaired) electrons. The fourth-order valence-electron chi connectivity index (χ4n) is 5.41. The molecule has 1 aliphatic rings. The predicted molar refractivity (Wildman–Crippen MR) is 157 cm³/mol. The van der Waals surface area contributed by atoms with Crippen LogP contribution in [0.5, 0.6) is 0 Å². The lowest BCUT2D eigenvalue weighted by molar-refractivity contribution is 0.0576. The molecule has 5 rings (SSSR count). The fourth-order valence-corrected chi connectivity index (χ4v) is 5.41. The van der Waals surface area contributed by atoms with Gasteiger partial charge in [-0.05, 0) is 68.5 Å². The van der Waals surface area contributed by atoms with Crippen molar-refractivity contribution in [3.63, 3.8) is 0 Å². The van der Waals surface area contributed by atoms with Gasteiger partial charge in [-0.3, -0.25) is 9.78 Å². The number of halogens is 2. The fraction of sp³-hybridized carbons (Fsp3) is 0.290. The van der Waals surface area contributed by atoms with E-state index in [1.807, 2.05) is 30.5 Å². The predicted octanol–water partition coefficient (Wildman–Crippen LogP) is 6.70. The highest BCUT2D eigenvalue weighted by atomic mass is 35.5. The quantitative estimate of drug-likeness (QED) is 0.298. The maximum Gasteiger partial charge on any atom is 0.254 e. The highest BCUT2D eigenvalue weighted by Crippen LogP contribution is 2.25. The number of nitrogens with zero attached hydrogens (tertiary/aromatic N) is 2. The molecule has 0 unspecified atom stereocenters. The van der Waals surface area contributed by atoms with Crippen molar-refractivity contribution in [3.8, 4) is 0 Å². The van der Waals surface area contributed by atoms with Gasteiger partial charge in [0.2, 0.25) is 0 Å². The Morgan fingerprint density at radius 1 is 0.946 bits per heavy atom. The van der Waals surface area contributed by atoms with Crippen molar-refractivity contribution in [1.82, 2.24) is 15.2 Å². The summed E-state index contributed by atoms with van der Waals surface area (Å²) in [5.74, 6) is 0.149. The van der Waals surface area contributed by atoms with Crippen molar-refractivity contribution < 1.29 is 4.79 Å². The second kappa shape index (κ2) is 13.0. The molecule has 0 bridgehead atoms. The standard InChI is InChI=1S/C31H33N3O.2ClH/c1-22-16-23(2)18-26(17-22)31(35)34-15-13-27(20-28(34)19-24-8-4-3-5-9-24)33-21-25-12-14-32-30-11-7-6-10-29(25)30;;/h3-12,14,16-18,27-28,33H,13,15,19-21H2,1-2H3;2*1H/t27-,28+;;/m0../s1. The summed E-state index contributed by atoms with van der Waals surface area (Å²) in [4.78, 5) is 20.2. The van der Waals surface area contributed by atoms with Crippen LogP contribution in [0, 0.1) is 13.8 Å². The normalized spacial score (nSPS) is 17.1. The molecule has 4 nitrogen and oxygen atoms in total. The average Bonchev–Trinajstić information content (AvgIpc) is 2.87. The van der Waals surface area contributed by atoms with Crippen molar-refractivity contribution in [2.75, 3.05) is 6.54 Å². The number of hydrogen-bond donors (Lipinski definition) is 1. The largest absolute Gasteiger partial charge is 0.335 e. The summed E-state index contributed by atoms with van der Waals surface area (Å²) in [7, 11) is 0. The van der Waals surface area contributed by atoms with Crippen LogP contribution < -0.4 is 5.32 Å². The summed E-state index contributed by atoms with van der Waals surface area (Å²) < 4.78 is 0. The molecule has 1 aromatic heterocycles. The monoisotopic (exact) mass is 535 g/mol. The number of para-hydroxylation sites is 1. The Balaban J connectivity index is 0.00000190. The molecule has 4 aromatic rings. The zero-order valence-corrected chi connectivity index (χ0v) is 23.0. The molecule has 1 aliphatic heterocycles. The summed E-state index contributed by atoms with van der Waals surface area (Å²) in [6, 6.07) is 27.6. The second-order valence-electron chi connectivity index (χ2n) is 9.81. The van der Waals surface area contributed by atoms with Gasteiger partial charge >= 0.3 is 0 Å². The second-order valence-corrected chi connectivity index (χ2v) is 9.81. The van der Waals surface area contributed by atoms with Crippen LogP contribution in [0.2, 0.25) is 0 Å². The molecular formula is C31H35Cl2N3O. The minimum absolute atomic E-state index is 0. The summed E-state index contributed by atoms with van der Waals surface area (Å²) >= 11 is 0. The zero-order chi connectivity index (χ0) is 24.2. The van der Waals surface area contributed by atoms with Crippen LogP contribution in [-0.4, -0.2) is 34.4 Å². The van der Waals surface area contributed by atoms with Crippen molar-refractivity contribution in [2.45, 2.75) is 51.7 Å². The Morgan fingerprint density at radius 2 is 1.65 bits per heavy atom. The van der Waals surface area contributed by atoms with Crippen LogP contribution in [0.15, 0.2) is 85.1 Å². The summed E-state index contributed by atoms with van der Waals surface area (Å²) in [5, 5.41) is 5.00. The Morgan fingerprint density at radius 3 is 2.41 bits per heavy atom. The maximum absolute atomic E-state index is 13.6. The molecule has 0 aliphatic carbocycles. The Labute approximate surface area is 232 Å². The smallest absolute Gasteiger partial charge is 0.254 e. The van der Waals surface area contributed by atoms with Crippen molar-refractivity contribution in [2.24, 2.45) is 0 Å². The number of carbonyl (C=O) groups is 1. The number of hydrogen-bond acceptors (Lipinski definition) is 3. The summed E-state index contributed by atoms with van der Waals surface area (Å²) in [6.07, 6.45) is 4.65. The highest BCUT2D eigenvalue weighted by Gasteiger charge is 2.32. The first-order valence-corrected chi connectivity index (χ1v) is 12.6. The molecule has 194 valence electrons. The van der Waals surface area contributed by atoms with Gasteiger partial charge in [-0.1, -0.05) is 65.7 Å². The van der Waals surface area contributed by atoms with Gasteiger partial charge < -0.3 is 10.2 Å². The van der Waals surface area contributed by atoms with Crippen molar-refractivity contribution in [3.05, 3.63) is 113 Å². The Hall–Kier alpha value is -2.92. The number of aryl methyl sites for hydroxylation is 2. The lowest BCUT2D eigenvalue weighted by Crippen LogP contribution is -2.51. The van der Waals surface area contributed by atoms with Crippen LogP contribution in [0.3, 0.4) is 0 Å². The molecule has 3 aromatic carbocycles. The van der Waals surface area contributed by atoms with Gasteiger partial charge in [0, 0.05) is 42.3 Å². The van der Waals surface area contributed by atoms with Crippen LogP contribution in [0.1, 0.15) is 45.5 Å². The van der Waals surface area contributed by atoms with Crippen molar-refractivity contribution in [1.29, 1.82) is 0 Å². The number of amides is 1. The Bertz CT molecular complexity index is 1300. The van der Waals surface area contributed by atoms with E-state index in [9.17, 15) is 4.79 Å². The SMILES string of the molecule is Cc1cc(C)cc(C(=O)N2CC[C@H](NCc3ccnc4ccccc34)C[C@H]2Cc2ccccc2)c1.Cl.Cl. The number of benzene rings is 3. The topological polar surface area (TPSA) is 45.2 Å². The minimum Gasteiger partial charge on any atom is -0.335 e. The molecule has 2 heterocycles. The van der Waals surface area contributed by atoms with E-state index in [0.29, 0.717) is 6.04 Å². The van der Waals surface area contributed by atoms with E-state index >= 15 is 0 Å². The minimum atomic E-state index is 0. The number of pyridine rings is 1. The number of carbonyl (C=O) groups excluding carboxylic acids is 1. The molecular weight excluding hydrogens is 501 g/mol. The number of nitrogens with one attached hydrogen (secondary N) is 1. The zero-order valence-electron chi connectivity index (χ0n) is 21.4. The molecule has 2 atom stereocenters. The van der Waals surface area contributed by atoms with E-state index in [1.54, 1.807) is 0 Å². The van der Waals surface area contributed by atoms with E-state index in [2.05, 4.69) is 83.6 Å². The number of likely N-dealkylation sites (tertiary alicyclic amines) is 1. The first-order chi connectivity index (χ1) is 17.1. The van der Waals surface area contributed by atoms with Gasteiger partial charge in [-0.2, -0.15) is 0 Å². The summed E-state index contributed by atoms with van der Waals surface area (Å²) in [6.45, 7) is 5.68. The maximum atomic E-state index is 13.6. The van der Waals surface area contributed by atoms with Crippen LogP contribution in [-0.2, 0) is 13.0 Å². The van der Waals surface area contributed by atoms with Gasteiger partial charge in [0.05, 0.1) is 5.52 Å². The molecule has 6 heteroatoms. The number of rotatable bonds is 6. The molecule has 1 N–H and O–H groups in total. The van der Waals surface area contributed by atoms with Crippen molar-refractivity contribution >= 4 is 41.6 Å². The molecule has 37 heavy (non-hydrogen) atoms. The molecule has 0 saturated carbocycles. The third kappa shape index (κ3) is 6.89. The number of fused-ring (bicyclic) bond motifs is 1. The van der Waals surface area contributed by atoms with E-state index in [0.717, 1.165) is 54.6 Å². The van der Waals surface area contributed by atoms with Gasteiger partial charge in [-0.25, -0.2) is 0 Å². The first-order valence-electron chi connectivity index (χ1n) is 12.6. The number of piperidine rings is 1. The average molecular weight is 537 g/mol. The third-order valence-corrected chi connectivity index (χ3v) is 7.08. The van der Waals surface area contributed by atoms with Gasteiger partial charge in [0.25, 0.3) is 5.91 Å². The molecule has 0 spiro atoms. The van der Waals surface area contributed by atoms with Crippen LogP contribution in [0.4, 0.5) is 0 Å². The van der Waals surface area contributed by atoms with Gasteiger partial charge in [0.15, 0.2) is 0 Å². The van der Waals surface area contributed by atoms with Crippen LogP contribution >= 0.6 is 24.8 Å². The third-order valence-electron chi connectivity index (χ3n) is 7.08. The van der Waals surface area contributed by atoms with Gasteiger partial charge in [0.1, 0.15) is 0 Å². The van der Waals surface area contributed by atoms with E-state index in [1.165, 1.54) is 16.5 Å². The molecule has 1 fully saturated rings. The molecule has 1 amide bonds. The lowest BCUT2D eigenvalue weighted by Gasteiger charge is -2.40. The summed E-state index contributed by atoms with van der Waals surface area (Å²) in [5.41, 5.74) is 6.64. The lowest BCUT2D eigenvalue weighted by atomic mass is 9.91. The number of aromatic nitrogens is 1. The first kappa shape index (κ1) is 28.6. The van der Waals surface area contributed by atoms with E-state index < -0.39 is 0 Å². The Kier molecular flexibility index (Phi) is 10.1. The van der Waals surface area contributed by atoms with E-state index in [-0.39, 0.29) is 36.8 Å². The van der Waals surface area contributed by atoms with Crippen LogP contribution in [0.25, 0.3) is 10.9 Å². The van der Waals surface area contributed by atoms with Gasteiger partial charge in [-0.15, -0.1) is 24.8 Å².